The molecular formula is C13H12FN3O. The number of rotatable bonds is 4. The molecule has 0 saturated heterocycles. The van der Waals surface area contributed by atoms with E-state index in [9.17, 15) is 4.39 Å². The summed E-state index contributed by atoms with van der Waals surface area (Å²) >= 11 is 0. The number of nitriles is 1. The highest BCUT2D eigenvalue weighted by Crippen LogP contribution is 2.29. The van der Waals surface area contributed by atoms with Crippen LogP contribution in [0.25, 0.3) is 11.3 Å². The number of aromatic amines is 1. The lowest BCUT2D eigenvalue weighted by Crippen LogP contribution is -1.90. The molecule has 1 aromatic carbocycles. The summed E-state index contributed by atoms with van der Waals surface area (Å²) in [6.07, 6.45) is 2.56. The second kappa shape index (κ2) is 5.32. The predicted molar refractivity (Wildman–Crippen MR) is 64.5 cm³/mol. The third-order valence-electron chi connectivity index (χ3n) is 2.55. The van der Waals surface area contributed by atoms with E-state index in [-0.39, 0.29) is 5.82 Å². The summed E-state index contributed by atoms with van der Waals surface area (Å²) in [5.41, 5.74) is 1.30. The van der Waals surface area contributed by atoms with Crippen molar-refractivity contribution in [1.82, 2.24) is 9.97 Å². The fourth-order valence-electron chi connectivity index (χ4n) is 1.69. The van der Waals surface area contributed by atoms with Crippen LogP contribution in [0.15, 0.2) is 24.4 Å². The van der Waals surface area contributed by atoms with E-state index in [2.05, 4.69) is 16.0 Å². The molecule has 4 nitrogen and oxygen atoms in total. The topological polar surface area (TPSA) is 61.7 Å². The maximum Gasteiger partial charge on any atom is 0.128 e. The van der Waals surface area contributed by atoms with Crippen molar-refractivity contribution in [3.63, 3.8) is 0 Å². The summed E-state index contributed by atoms with van der Waals surface area (Å²) in [4.78, 5) is 7.21. The Balaban J connectivity index is 2.33. The second-order valence-electron chi connectivity index (χ2n) is 3.75. The fraction of sp³-hybridized carbons (Fsp3) is 0.231. The first-order valence-electron chi connectivity index (χ1n) is 5.49. The van der Waals surface area contributed by atoms with Crippen molar-refractivity contribution in [1.29, 1.82) is 5.26 Å². The SMILES string of the molecule is COc1ccc(F)cc1-c1cnc(CCC#N)[nH]1. The van der Waals surface area contributed by atoms with Crippen LogP contribution in [0.4, 0.5) is 4.39 Å². The lowest BCUT2D eigenvalue weighted by Gasteiger charge is -2.06. The summed E-state index contributed by atoms with van der Waals surface area (Å²) in [7, 11) is 1.53. The van der Waals surface area contributed by atoms with Gasteiger partial charge in [0.2, 0.25) is 0 Å². The maximum absolute atomic E-state index is 13.2. The quantitative estimate of drug-likeness (QED) is 0.900. The Bertz CT molecular complexity index is 586. The molecule has 0 saturated carbocycles. The first-order valence-corrected chi connectivity index (χ1v) is 5.49. The fourth-order valence-corrected chi connectivity index (χ4v) is 1.69. The smallest absolute Gasteiger partial charge is 0.128 e. The van der Waals surface area contributed by atoms with Crippen molar-refractivity contribution in [2.75, 3.05) is 7.11 Å². The normalized spacial score (nSPS) is 10.1. The van der Waals surface area contributed by atoms with Gasteiger partial charge in [0.05, 0.1) is 25.1 Å². The first kappa shape index (κ1) is 12.1. The molecule has 0 aliphatic rings. The van der Waals surface area contributed by atoms with Crippen LogP contribution in [-0.4, -0.2) is 17.1 Å². The van der Waals surface area contributed by atoms with E-state index in [1.54, 1.807) is 12.3 Å². The molecule has 92 valence electrons. The van der Waals surface area contributed by atoms with Crippen LogP contribution >= 0.6 is 0 Å². The van der Waals surface area contributed by atoms with Crippen LogP contribution in [0.5, 0.6) is 5.75 Å². The standard InChI is InChI=1S/C13H12FN3O/c1-18-12-5-4-9(14)7-10(12)11-8-16-13(17-11)3-2-6-15/h4-5,7-8H,2-3H2,1H3,(H,16,17). The molecule has 2 rings (SSSR count). The Kier molecular flexibility index (Phi) is 3.58. The number of benzene rings is 1. The van der Waals surface area contributed by atoms with Crippen molar-refractivity contribution in [2.24, 2.45) is 0 Å². The van der Waals surface area contributed by atoms with Crippen LogP contribution in [0.1, 0.15) is 12.2 Å². The van der Waals surface area contributed by atoms with Crippen LogP contribution < -0.4 is 4.74 Å². The number of imidazole rings is 1. The van der Waals surface area contributed by atoms with E-state index >= 15 is 0 Å². The van der Waals surface area contributed by atoms with Crippen molar-refractivity contribution >= 4 is 0 Å². The molecule has 1 N–H and O–H groups in total. The number of methoxy groups -OCH3 is 1. The van der Waals surface area contributed by atoms with Gasteiger partial charge in [0.15, 0.2) is 0 Å². The van der Waals surface area contributed by atoms with Crippen molar-refractivity contribution in [3.8, 4) is 23.1 Å². The summed E-state index contributed by atoms with van der Waals surface area (Å²) < 4.78 is 18.4. The number of hydrogen-bond donors (Lipinski definition) is 1. The van der Waals surface area contributed by atoms with Gasteiger partial charge in [-0.2, -0.15) is 5.26 Å². The van der Waals surface area contributed by atoms with Gasteiger partial charge in [-0.25, -0.2) is 9.37 Å². The molecule has 5 heteroatoms. The van der Waals surface area contributed by atoms with Crippen molar-refractivity contribution in [2.45, 2.75) is 12.8 Å². The minimum absolute atomic E-state index is 0.334. The van der Waals surface area contributed by atoms with Crippen molar-refractivity contribution < 1.29 is 9.13 Å². The lowest BCUT2D eigenvalue weighted by molar-refractivity contribution is 0.415. The van der Waals surface area contributed by atoms with Gasteiger partial charge in [0.25, 0.3) is 0 Å². The highest BCUT2D eigenvalue weighted by molar-refractivity contribution is 5.66. The van der Waals surface area contributed by atoms with E-state index in [1.807, 2.05) is 0 Å². The van der Waals surface area contributed by atoms with E-state index in [0.717, 1.165) is 0 Å². The van der Waals surface area contributed by atoms with Gasteiger partial charge in [-0.05, 0) is 18.2 Å². The zero-order valence-corrected chi connectivity index (χ0v) is 9.90. The average molecular weight is 245 g/mol. The lowest BCUT2D eigenvalue weighted by atomic mass is 10.1. The number of aromatic nitrogens is 2. The zero-order valence-electron chi connectivity index (χ0n) is 9.90. The Morgan fingerprint density at radius 3 is 3.06 bits per heavy atom. The van der Waals surface area contributed by atoms with E-state index in [4.69, 9.17) is 10.00 Å². The molecule has 0 radical (unpaired) electrons. The van der Waals surface area contributed by atoms with Crippen LogP contribution in [-0.2, 0) is 6.42 Å². The Hall–Kier alpha value is -2.35. The van der Waals surface area contributed by atoms with Crippen LogP contribution in [0, 0.1) is 17.1 Å². The van der Waals surface area contributed by atoms with Gasteiger partial charge in [-0.3, -0.25) is 0 Å². The summed E-state index contributed by atoms with van der Waals surface area (Å²) in [6.45, 7) is 0. The molecular weight excluding hydrogens is 233 g/mol. The molecule has 2 aromatic rings. The summed E-state index contributed by atoms with van der Waals surface area (Å²) in [5.74, 6) is 0.948. The van der Waals surface area contributed by atoms with E-state index < -0.39 is 0 Å². The van der Waals surface area contributed by atoms with Gasteiger partial charge in [-0.1, -0.05) is 0 Å². The summed E-state index contributed by atoms with van der Waals surface area (Å²) in [6, 6.07) is 6.35. The Morgan fingerprint density at radius 1 is 1.50 bits per heavy atom. The van der Waals surface area contributed by atoms with Gasteiger partial charge in [0.1, 0.15) is 17.4 Å². The second-order valence-corrected chi connectivity index (χ2v) is 3.75. The maximum atomic E-state index is 13.2. The van der Waals surface area contributed by atoms with Gasteiger partial charge in [-0.15, -0.1) is 0 Å². The molecule has 0 aliphatic heterocycles. The molecule has 0 aliphatic carbocycles. The molecule has 0 fully saturated rings. The van der Waals surface area contributed by atoms with E-state index in [0.29, 0.717) is 35.7 Å². The van der Waals surface area contributed by atoms with Gasteiger partial charge < -0.3 is 9.72 Å². The molecule has 1 aromatic heterocycles. The molecule has 0 spiro atoms. The molecule has 0 bridgehead atoms. The predicted octanol–water partition coefficient (Wildman–Crippen LogP) is 2.68. The number of H-pyrrole nitrogens is 1. The minimum Gasteiger partial charge on any atom is -0.496 e. The highest BCUT2D eigenvalue weighted by atomic mass is 19.1. The minimum atomic E-state index is -0.334. The van der Waals surface area contributed by atoms with Gasteiger partial charge >= 0.3 is 0 Å². The third-order valence-corrected chi connectivity index (χ3v) is 2.55. The number of ether oxygens (including phenoxy) is 1. The third kappa shape index (κ3) is 2.48. The van der Waals surface area contributed by atoms with Crippen molar-refractivity contribution in [3.05, 3.63) is 36.0 Å². The number of nitrogens with zero attached hydrogens (tertiary/aromatic N) is 2. The number of aryl methyl sites for hydroxylation is 1. The molecule has 0 atom stereocenters. The highest BCUT2D eigenvalue weighted by Gasteiger charge is 2.10. The van der Waals surface area contributed by atoms with Crippen LogP contribution in [0.2, 0.25) is 0 Å². The number of halogens is 1. The average Bonchev–Trinajstić information content (AvgIpc) is 2.85. The monoisotopic (exact) mass is 245 g/mol. The zero-order chi connectivity index (χ0) is 13.0. The summed E-state index contributed by atoms with van der Waals surface area (Å²) in [5, 5.41) is 8.51. The number of nitrogens with one attached hydrogen (secondary N) is 1. The van der Waals surface area contributed by atoms with Crippen LogP contribution in [0.3, 0.4) is 0 Å². The first-order chi connectivity index (χ1) is 8.74. The molecule has 18 heavy (non-hydrogen) atoms. The van der Waals surface area contributed by atoms with E-state index in [1.165, 1.54) is 19.2 Å². The molecule has 0 unspecified atom stereocenters. The molecule has 1 heterocycles. The largest absolute Gasteiger partial charge is 0.496 e. The molecule has 0 amide bonds. The Morgan fingerprint density at radius 2 is 2.33 bits per heavy atom. The number of hydrogen-bond acceptors (Lipinski definition) is 3. The van der Waals surface area contributed by atoms with Gasteiger partial charge in [0, 0.05) is 18.4 Å². The Labute approximate surface area is 104 Å².